The van der Waals surface area contributed by atoms with Crippen molar-refractivity contribution in [2.24, 2.45) is 0 Å². The Balaban J connectivity index is -0.000000183. The summed E-state index contributed by atoms with van der Waals surface area (Å²) in [5.41, 5.74) is -2.74. The molecule has 0 aromatic carbocycles. The normalized spacial score (nSPS) is 14.6. The summed E-state index contributed by atoms with van der Waals surface area (Å²) in [5.74, 6) is -5.02. The van der Waals surface area contributed by atoms with E-state index in [1.54, 1.807) is 0 Å². The van der Waals surface area contributed by atoms with Crippen LogP contribution in [0.25, 0.3) is 0 Å². The van der Waals surface area contributed by atoms with Crippen molar-refractivity contribution in [3.05, 3.63) is 0 Å². The monoisotopic (exact) mass is 430 g/mol. The zero-order chi connectivity index (χ0) is 20.4. The minimum Gasteiger partial charge on any atom is -1.00 e. The first-order chi connectivity index (χ1) is 11.3. The van der Waals surface area contributed by atoms with Gasteiger partial charge < -0.3 is 63.2 Å². The molecule has 0 rings (SSSR count). The van der Waals surface area contributed by atoms with Crippen LogP contribution in [0.1, 0.15) is 12.8 Å². The minimum atomic E-state index is -2.74. The molecule has 0 aromatic rings. The Morgan fingerprint density at radius 2 is 1.26 bits per heavy atom. The van der Waals surface area contributed by atoms with E-state index in [-0.39, 0.29) is 48.3 Å². The number of aliphatic hydroxyl groups is 6. The second-order valence-corrected chi connectivity index (χ2v) is 4.84. The van der Waals surface area contributed by atoms with Crippen LogP contribution in [0.3, 0.4) is 0 Å². The number of aliphatic carboxylic acids is 3. The van der Waals surface area contributed by atoms with E-state index in [0.29, 0.717) is 0 Å². The number of aliphatic hydroxyl groups excluding tert-OH is 5. The fraction of sp³-hybridized carbons (Fsp3) is 0.667. The van der Waals surface area contributed by atoms with Gasteiger partial charge in [0.25, 0.3) is 0 Å². The molecular formula is C12H20ClNaO13. The Hall–Kier alpha value is -0.870. The third-order valence-electron chi connectivity index (χ3n) is 2.71. The molecule has 0 aliphatic carbocycles. The van der Waals surface area contributed by atoms with Crippen LogP contribution in [-0.2, 0) is 19.2 Å². The SMILES string of the molecule is O=C(O)CC(O)(CC(=O)O)C(=O)O.O=C[C@H](O)[C@@H](O)[C@H](O)[C@H](O)CO.[Cl-].[Na+]. The predicted molar refractivity (Wildman–Crippen MR) is 74.3 cm³/mol. The smallest absolute Gasteiger partial charge is 1.00 e. The van der Waals surface area contributed by atoms with Crippen LogP contribution < -0.4 is 42.0 Å². The number of rotatable bonds is 10. The molecule has 0 spiro atoms. The van der Waals surface area contributed by atoms with E-state index in [2.05, 4.69) is 0 Å². The van der Waals surface area contributed by atoms with Crippen LogP contribution in [0.2, 0.25) is 0 Å². The molecule has 154 valence electrons. The molecule has 0 aliphatic rings. The van der Waals surface area contributed by atoms with Gasteiger partial charge in [-0.25, -0.2) is 4.79 Å². The molecule has 27 heavy (non-hydrogen) atoms. The van der Waals surface area contributed by atoms with E-state index in [1.165, 1.54) is 0 Å². The van der Waals surface area contributed by atoms with Gasteiger partial charge in [-0.3, -0.25) is 9.59 Å². The second-order valence-electron chi connectivity index (χ2n) is 4.84. The number of halogens is 1. The third-order valence-corrected chi connectivity index (χ3v) is 2.71. The number of aldehydes is 1. The van der Waals surface area contributed by atoms with Gasteiger partial charge in [0.2, 0.25) is 0 Å². The second kappa shape index (κ2) is 16.1. The molecule has 4 atom stereocenters. The van der Waals surface area contributed by atoms with E-state index in [1.807, 2.05) is 0 Å². The summed E-state index contributed by atoms with van der Waals surface area (Å²) in [6.07, 6.45) is -9.13. The van der Waals surface area contributed by atoms with Gasteiger partial charge in [-0.1, -0.05) is 0 Å². The van der Waals surface area contributed by atoms with Crippen LogP contribution in [-0.4, -0.2) is 107 Å². The van der Waals surface area contributed by atoms with Gasteiger partial charge in [-0.15, -0.1) is 0 Å². The molecular weight excluding hydrogens is 411 g/mol. The Morgan fingerprint density at radius 3 is 1.48 bits per heavy atom. The molecule has 0 amide bonds. The molecule has 0 saturated carbocycles. The Kier molecular flexibility index (Phi) is 20.1. The Bertz CT molecular complexity index is 458. The predicted octanol–water partition coefficient (Wildman–Crippen LogP) is -10.6. The van der Waals surface area contributed by atoms with Gasteiger partial charge in [0, 0.05) is 0 Å². The van der Waals surface area contributed by atoms with E-state index in [9.17, 15) is 19.2 Å². The van der Waals surface area contributed by atoms with Gasteiger partial charge in [-0.05, 0) is 0 Å². The van der Waals surface area contributed by atoms with Crippen molar-refractivity contribution in [2.45, 2.75) is 42.9 Å². The average molecular weight is 431 g/mol. The van der Waals surface area contributed by atoms with Crippen molar-refractivity contribution in [1.29, 1.82) is 0 Å². The van der Waals surface area contributed by atoms with Crippen LogP contribution in [0.5, 0.6) is 0 Å². The molecule has 0 aromatic heterocycles. The average Bonchev–Trinajstić information content (AvgIpc) is 2.50. The minimum absolute atomic E-state index is 0. The molecule has 0 saturated heterocycles. The standard InChI is InChI=1S/C6H8O7.C6H12O6.ClH.Na/c7-3(8)1-6(13,5(11)12)2-4(9)10;7-1-3(9)5(11)6(12)4(10)2-8;;/h13H,1-2H2,(H,7,8)(H,9,10)(H,11,12);1,3-6,8-12H,2H2;1H;/q;;;+1/p-1/t;3-,4+,5+,6+;;/m.0../s1. The van der Waals surface area contributed by atoms with Crippen LogP contribution in [0, 0.1) is 0 Å². The number of carboxylic acid groups (broad SMARTS) is 3. The maximum atomic E-state index is 10.3. The largest absolute Gasteiger partial charge is 1.00 e. The van der Waals surface area contributed by atoms with Crippen LogP contribution in [0.4, 0.5) is 0 Å². The van der Waals surface area contributed by atoms with Crippen LogP contribution in [0.15, 0.2) is 0 Å². The number of carbonyl (C=O) groups is 4. The third kappa shape index (κ3) is 13.9. The summed E-state index contributed by atoms with van der Waals surface area (Å²) in [6.45, 7) is -0.760. The zero-order valence-electron chi connectivity index (χ0n) is 14.0. The zero-order valence-corrected chi connectivity index (χ0v) is 16.8. The molecule has 13 nitrogen and oxygen atoms in total. The van der Waals surface area contributed by atoms with Crippen molar-refractivity contribution < 1.29 is 107 Å². The van der Waals surface area contributed by atoms with Gasteiger partial charge >= 0.3 is 47.5 Å². The van der Waals surface area contributed by atoms with Gasteiger partial charge in [-0.2, -0.15) is 0 Å². The summed E-state index contributed by atoms with van der Waals surface area (Å²) >= 11 is 0. The number of hydrogen-bond donors (Lipinski definition) is 9. The van der Waals surface area contributed by atoms with E-state index < -0.39 is 67.4 Å². The Morgan fingerprint density at radius 1 is 0.889 bits per heavy atom. The van der Waals surface area contributed by atoms with Crippen molar-refractivity contribution in [3.63, 3.8) is 0 Å². The maximum Gasteiger partial charge on any atom is 1.00 e. The number of carbonyl (C=O) groups excluding carboxylic acids is 1. The van der Waals surface area contributed by atoms with Gasteiger partial charge in [0.1, 0.15) is 24.4 Å². The van der Waals surface area contributed by atoms with Crippen molar-refractivity contribution in [1.82, 2.24) is 0 Å². The fourth-order valence-electron chi connectivity index (χ4n) is 1.33. The fourth-order valence-corrected chi connectivity index (χ4v) is 1.33. The summed E-state index contributed by atoms with van der Waals surface area (Å²) < 4.78 is 0. The topological polar surface area (TPSA) is 250 Å². The first-order valence-corrected chi connectivity index (χ1v) is 6.50. The van der Waals surface area contributed by atoms with Crippen molar-refractivity contribution >= 4 is 24.2 Å². The van der Waals surface area contributed by atoms with E-state index in [4.69, 9.17) is 46.0 Å². The summed E-state index contributed by atoms with van der Waals surface area (Å²) in [5, 5.41) is 77.3. The summed E-state index contributed by atoms with van der Waals surface area (Å²) in [7, 11) is 0. The number of carboxylic acids is 3. The van der Waals surface area contributed by atoms with Crippen LogP contribution >= 0.6 is 0 Å². The van der Waals surface area contributed by atoms with Crippen molar-refractivity contribution in [3.8, 4) is 0 Å². The molecule has 15 heteroatoms. The Labute approximate surface area is 180 Å². The molecule has 0 heterocycles. The molecule has 0 bridgehead atoms. The quantitative estimate of drug-likeness (QED) is 0.115. The van der Waals surface area contributed by atoms with Gasteiger partial charge in [0.15, 0.2) is 11.9 Å². The molecule has 0 radical (unpaired) electrons. The van der Waals surface area contributed by atoms with Crippen molar-refractivity contribution in [2.75, 3.05) is 6.61 Å². The number of hydrogen-bond acceptors (Lipinski definition) is 10. The molecule has 0 aliphatic heterocycles. The van der Waals surface area contributed by atoms with E-state index >= 15 is 0 Å². The molecule has 0 fully saturated rings. The van der Waals surface area contributed by atoms with Gasteiger partial charge in [0.05, 0.1) is 19.4 Å². The van der Waals surface area contributed by atoms with E-state index in [0.717, 1.165) is 0 Å². The first kappa shape index (κ1) is 33.7. The molecule has 0 unspecified atom stereocenters. The summed E-state index contributed by atoms with van der Waals surface area (Å²) in [4.78, 5) is 40.4. The molecule has 9 N–H and O–H groups in total. The first-order valence-electron chi connectivity index (χ1n) is 6.50. The maximum absolute atomic E-state index is 10.3. The summed E-state index contributed by atoms with van der Waals surface area (Å²) in [6, 6.07) is 0.